The van der Waals surface area contributed by atoms with Crippen LogP contribution in [0.15, 0.2) is 53.7 Å². The number of carbonyl (C=O) groups excluding carboxylic acids is 3. The molecular weight excluding hydrogens is 492 g/mol. The average molecular weight is 515 g/mol. The normalized spacial score (nSPS) is 15.6. The molecule has 182 valence electrons. The van der Waals surface area contributed by atoms with E-state index in [-0.39, 0.29) is 29.8 Å². The third-order valence-corrected chi connectivity index (χ3v) is 7.10. The zero-order chi connectivity index (χ0) is 25.3. The van der Waals surface area contributed by atoms with Crippen LogP contribution in [-0.4, -0.2) is 61.9 Å². The van der Waals surface area contributed by atoms with Crippen molar-refractivity contribution in [1.82, 2.24) is 15.2 Å². The lowest BCUT2D eigenvalue weighted by atomic mass is 9.88. The molecule has 1 unspecified atom stereocenters. The van der Waals surface area contributed by atoms with Gasteiger partial charge in [0.05, 0.1) is 29.2 Å². The molecule has 0 fully saturated rings. The van der Waals surface area contributed by atoms with Crippen molar-refractivity contribution in [2.24, 2.45) is 0 Å². The summed E-state index contributed by atoms with van der Waals surface area (Å²) in [5.74, 6) is -1.88. The Morgan fingerprint density at radius 2 is 1.94 bits per heavy atom. The molecule has 0 spiro atoms. The Hall–Kier alpha value is -3.50. The van der Waals surface area contributed by atoms with E-state index in [1.165, 1.54) is 29.4 Å². The van der Waals surface area contributed by atoms with Crippen LogP contribution in [0.4, 0.5) is 5.69 Å². The van der Waals surface area contributed by atoms with Gasteiger partial charge in [-0.15, -0.1) is 0 Å². The summed E-state index contributed by atoms with van der Waals surface area (Å²) in [6, 6.07) is 9.28. The quantitative estimate of drug-likeness (QED) is 0.521. The minimum atomic E-state index is -3.41. The Balaban J connectivity index is 1.68. The van der Waals surface area contributed by atoms with Crippen LogP contribution in [0.25, 0.3) is 10.8 Å². The molecule has 9 nitrogen and oxygen atoms in total. The highest BCUT2D eigenvalue weighted by molar-refractivity contribution is 7.90. The molecule has 2 N–H and O–H groups in total. The number of aromatic nitrogens is 1. The first kappa shape index (κ1) is 24.6. The first-order valence-corrected chi connectivity index (χ1v) is 13.1. The van der Waals surface area contributed by atoms with E-state index >= 15 is 0 Å². The molecule has 3 amide bonds. The second-order valence-corrected chi connectivity index (χ2v) is 10.7. The van der Waals surface area contributed by atoms with Gasteiger partial charge in [0.2, 0.25) is 11.8 Å². The van der Waals surface area contributed by atoms with Crippen molar-refractivity contribution >= 4 is 55.6 Å². The highest BCUT2D eigenvalue weighted by atomic mass is 35.5. The lowest BCUT2D eigenvalue weighted by Gasteiger charge is -2.33. The van der Waals surface area contributed by atoms with Crippen LogP contribution in [0.5, 0.6) is 0 Å². The number of halogens is 1. The Bertz CT molecular complexity index is 1460. The molecule has 2 heterocycles. The van der Waals surface area contributed by atoms with Crippen LogP contribution < -0.4 is 10.6 Å². The number of hydrogen-bond donors (Lipinski definition) is 2. The maximum atomic E-state index is 13.5. The highest BCUT2D eigenvalue weighted by Gasteiger charge is 2.36. The molecule has 3 aromatic rings. The third kappa shape index (κ3) is 5.13. The summed E-state index contributed by atoms with van der Waals surface area (Å²) in [7, 11) is -3.41. The van der Waals surface area contributed by atoms with Crippen LogP contribution in [0.3, 0.4) is 0 Å². The number of anilines is 1. The predicted molar refractivity (Wildman–Crippen MR) is 132 cm³/mol. The molecule has 1 aliphatic rings. The summed E-state index contributed by atoms with van der Waals surface area (Å²) in [4.78, 5) is 44.2. The summed E-state index contributed by atoms with van der Waals surface area (Å²) in [5.41, 5.74) is 1.17. The molecule has 0 radical (unpaired) electrons. The second-order valence-electron chi connectivity index (χ2n) is 8.25. The fraction of sp³-hybridized carbons (Fsp3) is 0.250. The van der Waals surface area contributed by atoms with Gasteiger partial charge in [-0.2, -0.15) is 0 Å². The lowest BCUT2D eigenvalue weighted by molar-refractivity contribution is -0.123. The molecule has 0 saturated heterocycles. The van der Waals surface area contributed by atoms with Crippen LogP contribution in [0, 0.1) is 0 Å². The van der Waals surface area contributed by atoms with Gasteiger partial charge in [0.15, 0.2) is 9.84 Å². The number of fused-ring (bicyclic) bond motifs is 2. The number of likely N-dealkylation sites (N-methyl/N-ethyl adjacent to an activating group) is 1. The highest BCUT2D eigenvalue weighted by Crippen LogP contribution is 2.33. The number of hydrogen-bond acceptors (Lipinski definition) is 6. The first-order valence-electron chi connectivity index (χ1n) is 10.8. The summed E-state index contributed by atoms with van der Waals surface area (Å²) in [6.07, 6.45) is 4.11. The van der Waals surface area contributed by atoms with E-state index in [9.17, 15) is 22.8 Å². The molecule has 2 aromatic carbocycles. The van der Waals surface area contributed by atoms with Gasteiger partial charge in [0, 0.05) is 46.9 Å². The Kier molecular flexibility index (Phi) is 6.77. The van der Waals surface area contributed by atoms with Gasteiger partial charge in [0.25, 0.3) is 5.91 Å². The van der Waals surface area contributed by atoms with Crippen molar-refractivity contribution in [3.8, 4) is 0 Å². The number of nitrogens with one attached hydrogen (secondary N) is 2. The van der Waals surface area contributed by atoms with Gasteiger partial charge >= 0.3 is 0 Å². The molecular formula is C24H23ClN4O5S. The standard InChI is InChI=1S/C24H23ClN4O5S/c1-3-27-22(30)13-29-12-20(19-9-15(25)4-6-18(19)24(29)32)23(31)28-21-11-26-10-14-8-16(35(2,33)34)5-7-17(14)21/h4-11,20H,3,12-13H2,1-2H3,(H,27,30)(H,28,31). The van der Waals surface area contributed by atoms with E-state index in [0.29, 0.717) is 39.2 Å². The third-order valence-electron chi connectivity index (χ3n) is 5.75. The lowest BCUT2D eigenvalue weighted by Crippen LogP contribution is -2.47. The van der Waals surface area contributed by atoms with E-state index < -0.39 is 21.7 Å². The van der Waals surface area contributed by atoms with Crippen molar-refractivity contribution in [2.75, 3.05) is 31.2 Å². The SMILES string of the molecule is CCNC(=O)CN1CC(C(=O)Nc2cncc3cc(S(C)(=O)=O)ccc23)c2cc(Cl)ccc2C1=O. The number of rotatable bonds is 6. The smallest absolute Gasteiger partial charge is 0.254 e. The molecule has 0 aliphatic carbocycles. The van der Waals surface area contributed by atoms with Crippen molar-refractivity contribution in [2.45, 2.75) is 17.7 Å². The predicted octanol–water partition coefficient (Wildman–Crippen LogP) is 2.61. The van der Waals surface area contributed by atoms with Crippen molar-refractivity contribution in [1.29, 1.82) is 0 Å². The van der Waals surface area contributed by atoms with Crippen LogP contribution in [-0.2, 0) is 19.4 Å². The van der Waals surface area contributed by atoms with E-state index in [2.05, 4.69) is 15.6 Å². The van der Waals surface area contributed by atoms with E-state index in [1.54, 1.807) is 31.2 Å². The van der Waals surface area contributed by atoms with E-state index in [4.69, 9.17) is 11.6 Å². The summed E-state index contributed by atoms with van der Waals surface area (Å²) in [5, 5.41) is 7.05. The zero-order valence-electron chi connectivity index (χ0n) is 19.0. The molecule has 4 rings (SSSR count). The van der Waals surface area contributed by atoms with E-state index in [0.717, 1.165) is 6.26 Å². The molecule has 0 bridgehead atoms. The Labute approximate surface area is 207 Å². The molecule has 0 saturated carbocycles. The average Bonchev–Trinajstić information content (AvgIpc) is 2.80. The summed E-state index contributed by atoms with van der Waals surface area (Å²) >= 11 is 6.17. The van der Waals surface area contributed by atoms with Crippen LogP contribution in [0.2, 0.25) is 5.02 Å². The van der Waals surface area contributed by atoms with Gasteiger partial charge in [-0.25, -0.2) is 8.42 Å². The molecule has 35 heavy (non-hydrogen) atoms. The van der Waals surface area contributed by atoms with Gasteiger partial charge in [-0.3, -0.25) is 19.4 Å². The maximum Gasteiger partial charge on any atom is 0.254 e. The fourth-order valence-electron chi connectivity index (χ4n) is 4.08. The zero-order valence-corrected chi connectivity index (χ0v) is 20.6. The molecule has 1 aromatic heterocycles. The first-order chi connectivity index (χ1) is 16.6. The van der Waals surface area contributed by atoms with Crippen LogP contribution >= 0.6 is 11.6 Å². The second kappa shape index (κ2) is 9.63. The maximum absolute atomic E-state index is 13.5. The topological polar surface area (TPSA) is 126 Å². The Morgan fingerprint density at radius 3 is 2.66 bits per heavy atom. The summed E-state index contributed by atoms with van der Waals surface area (Å²) < 4.78 is 23.8. The summed E-state index contributed by atoms with van der Waals surface area (Å²) in [6.45, 7) is 2.01. The number of amides is 3. The fourth-order valence-corrected chi connectivity index (χ4v) is 4.92. The number of benzene rings is 2. The van der Waals surface area contributed by atoms with Crippen molar-refractivity contribution < 1.29 is 22.8 Å². The van der Waals surface area contributed by atoms with Crippen LogP contribution in [0.1, 0.15) is 28.8 Å². The minimum absolute atomic E-state index is 0.00837. The van der Waals surface area contributed by atoms with Crippen molar-refractivity contribution in [3.63, 3.8) is 0 Å². The Morgan fingerprint density at radius 1 is 1.17 bits per heavy atom. The van der Waals surface area contributed by atoms with Gasteiger partial charge in [-0.1, -0.05) is 17.7 Å². The molecule has 11 heteroatoms. The van der Waals surface area contributed by atoms with Crippen molar-refractivity contribution in [3.05, 3.63) is 64.9 Å². The monoisotopic (exact) mass is 514 g/mol. The number of pyridine rings is 1. The van der Waals surface area contributed by atoms with Gasteiger partial charge < -0.3 is 15.5 Å². The number of carbonyl (C=O) groups is 3. The number of sulfone groups is 1. The molecule has 1 atom stereocenters. The van der Waals surface area contributed by atoms with Gasteiger partial charge in [0.1, 0.15) is 0 Å². The van der Waals surface area contributed by atoms with Gasteiger partial charge in [-0.05, 0) is 42.8 Å². The van der Waals surface area contributed by atoms with E-state index in [1.807, 2.05) is 0 Å². The largest absolute Gasteiger partial charge is 0.355 e. The molecule has 1 aliphatic heterocycles. The minimum Gasteiger partial charge on any atom is -0.355 e. The number of nitrogens with zero attached hydrogens (tertiary/aromatic N) is 2.